The molecule has 4 rings (SSSR count). The van der Waals surface area contributed by atoms with Crippen molar-refractivity contribution < 1.29 is 18.8 Å². The van der Waals surface area contributed by atoms with Gasteiger partial charge < -0.3 is 15.1 Å². The van der Waals surface area contributed by atoms with Crippen LogP contribution < -0.4 is 15.5 Å². The molecule has 35 heavy (non-hydrogen) atoms. The van der Waals surface area contributed by atoms with E-state index in [0.29, 0.717) is 16.3 Å². The molecule has 1 aliphatic carbocycles. The van der Waals surface area contributed by atoms with Crippen molar-refractivity contribution >= 4 is 34.7 Å². The van der Waals surface area contributed by atoms with Crippen molar-refractivity contribution in [2.45, 2.75) is 58.0 Å². The molecule has 7 nitrogen and oxygen atoms in total. The number of carbonyl (C=O) groups excluding carboxylic acids is 3. The molecule has 2 N–H and O–H groups in total. The average molecular weight is 494 g/mol. The Morgan fingerprint density at radius 2 is 1.86 bits per heavy atom. The van der Waals surface area contributed by atoms with Crippen LogP contribution >= 0.6 is 11.3 Å². The third kappa shape index (κ3) is 6.00. The molecule has 2 heterocycles. The van der Waals surface area contributed by atoms with Gasteiger partial charge in [-0.2, -0.15) is 0 Å². The Morgan fingerprint density at radius 3 is 2.51 bits per heavy atom. The fourth-order valence-corrected chi connectivity index (χ4v) is 5.04. The maximum atomic E-state index is 13.7. The van der Waals surface area contributed by atoms with Crippen LogP contribution in [0.2, 0.25) is 0 Å². The van der Waals surface area contributed by atoms with Gasteiger partial charge in [0.25, 0.3) is 11.8 Å². The minimum absolute atomic E-state index is 0.0731. The molecule has 1 aliphatic rings. The molecule has 8 heteroatoms. The minimum atomic E-state index is -1.000. The molecule has 0 saturated heterocycles. The van der Waals surface area contributed by atoms with Gasteiger partial charge >= 0.3 is 0 Å². The third-order valence-corrected chi connectivity index (χ3v) is 7.32. The molecule has 0 radical (unpaired) electrons. The van der Waals surface area contributed by atoms with Crippen LogP contribution in [0.25, 0.3) is 0 Å². The molecule has 1 aromatic carbocycles. The lowest BCUT2D eigenvalue weighted by atomic mass is 9.95. The Kier molecular flexibility index (Phi) is 8.02. The summed E-state index contributed by atoms with van der Waals surface area (Å²) in [4.78, 5) is 41.8. The highest BCUT2D eigenvalue weighted by molar-refractivity contribution is 7.12. The summed E-state index contributed by atoms with van der Waals surface area (Å²) in [6.45, 7) is 3.70. The largest absolute Gasteiger partial charge is 0.467 e. The Hall–Kier alpha value is -3.39. The number of aryl methyl sites for hydroxylation is 2. The van der Waals surface area contributed by atoms with E-state index in [1.807, 2.05) is 32.0 Å². The fraction of sp³-hybridized carbons (Fsp3) is 0.370. The van der Waals surface area contributed by atoms with Crippen LogP contribution in [-0.4, -0.2) is 30.3 Å². The average Bonchev–Trinajstić information content (AvgIpc) is 3.58. The van der Waals surface area contributed by atoms with E-state index in [9.17, 15) is 14.4 Å². The lowest BCUT2D eigenvalue weighted by Gasteiger charge is -2.32. The van der Waals surface area contributed by atoms with Gasteiger partial charge in [0.1, 0.15) is 5.76 Å². The summed E-state index contributed by atoms with van der Waals surface area (Å²) < 4.78 is 5.66. The first-order valence-electron chi connectivity index (χ1n) is 12.0. The monoisotopic (exact) mass is 493 g/mol. The first-order chi connectivity index (χ1) is 16.9. The van der Waals surface area contributed by atoms with Crippen molar-refractivity contribution in [2.24, 2.45) is 0 Å². The lowest BCUT2D eigenvalue weighted by molar-refractivity contribution is -0.127. The van der Waals surface area contributed by atoms with Crippen molar-refractivity contribution in [3.63, 3.8) is 0 Å². The van der Waals surface area contributed by atoms with Crippen molar-refractivity contribution in [2.75, 3.05) is 11.4 Å². The van der Waals surface area contributed by atoms with E-state index in [1.54, 1.807) is 29.6 Å². The van der Waals surface area contributed by atoms with Crippen molar-refractivity contribution in [3.05, 3.63) is 75.9 Å². The molecule has 3 aromatic rings. The second-order valence-electron chi connectivity index (χ2n) is 8.95. The molecule has 1 fully saturated rings. The number of hydrogen-bond donors (Lipinski definition) is 2. The van der Waals surface area contributed by atoms with E-state index in [1.165, 1.54) is 28.9 Å². The molecule has 1 saturated carbocycles. The Labute approximate surface area is 209 Å². The molecular weight excluding hydrogens is 462 g/mol. The van der Waals surface area contributed by atoms with Gasteiger partial charge in [-0.15, -0.1) is 11.3 Å². The maximum Gasteiger partial charge on any atom is 0.261 e. The summed E-state index contributed by atoms with van der Waals surface area (Å²) in [6.07, 6.45) is 6.66. The van der Waals surface area contributed by atoms with Gasteiger partial charge in [0, 0.05) is 11.7 Å². The Morgan fingerprint density at radius 1 is 1.06 bits per heavy atom. The van der Waals surface area contributed by atoms with E-state index in [-0.39, 0.29) is 24.4 Å². The van der Waals surface area contributed by atoms with Gasteiger partial charge in [-0.05, 0) is 73.5 Å². The highest BCUT2D eigenvalue weighted by Crippen LogP contribution is 2.30. The van der Waals surface area contributed by atoms with Crippen LogP contribution in [0.3, 0.4) is 0 Å². The smallest absolute Gasteiger partial charge is 0.261 e. The zero-order valence-corrected chi connectivity index (χ0v) is 20.9. The maximum absolute atomic E-state index is 13.7. The van der Waals surface area contributed by atoms with Gasteiger partial charge in [-0.3, -0.25) is 19.3 Å². The van der Waals surface area contributed by atoms with E-state index in [4.69, 9.17) is 4.42 Å². The van der Waals surface area contributed by atoms with Crippen LogP contribution in [0.4, 0.5) is 5.69 Å². The van der Waals surface area contributed by atoms with Crippen LogP contribution in [0.5, 0.6) is 0 Å². The quantitative estimate of drug-likeness (QED) is 0.466. The van der Waals surface area contributed by atoms with Crippen LogP contribution in [0.1, 0.15) is 64.7 Å². The first kappa shape index (κ1) is 24.7. The molecule has 2 aromatic heterocycles. The molecular formula is C27H31N3O4S. The summed E-state index contributed by atoms with van der Waals surface area (Å²) in [6, 6.07) is 11.6. The predicted octanol–water partition coefficient (Wildman–Crippen LogP) is 4.91. The molecule has 0 unspecified atom stereocenters. The molecule has 0 bridgehead atoms. The number of nitrogens with zero attached hydrogens (tertiary/aromatic N) is 1. The molecule has 184 valence electrons. The van der Waals surface area contributed by atoms with Gasteiger partial charge in [0.05, 0.1) is 17.7 Å². The highest BCUT2D eigenvalue weighted by Gasteiger charge is 2.36. The predicted molar refractivity (Wildman–Crippen MR) is 137 cm³/mol. The zero-order chi connectivity index (χ0) is 24.8. The number of nitrogens with one attached hydrogen (secondary N) is 2. The van der Waals surface area contributed by atoms with E-state index in [0.717, 1.165) is 36.8 Å². The standard InChI is InChI=1S/C27H31N3O4S/c1-18-12-13-21(16-19(18)2)30(24(31)17-28-26(32)23-11-7-15-35-23)25(22-10-6-14-34-22)27(33)29-20-8-4-3-5-9-20/h6-7,10-16,20,25H,3-5,8-9,17H2,1-2H3,(H,28,32)(H,29,33)/t25-/m1/s1. The van der Waals surface area contributed by atoms with Crippen molar-refractivity contribution in [1.29, 1.82) is 0 Å². The number of amides is 3. The van der Waals surface area contributed by atoms with Crippen LogP contribution in [-0.2, 0) is 9.59 Å². The summed E-state index contributed by atoms with van der Waals surface area (Å²) >= 11 is 1.30. The van der Waals surface area contributed by atoms with E-state index >= 15 is 0 Å². The molecule has 1 atom stereocenters. The number of benzene rings is 1. The Balaban J connectivity index is 1.65. The van der Waals surface area contributed by atoms with E-state index < -0.39 is 11.9 Å². The molecule has 0 aliphatic heterocycles. The summed E-state index contributed by atoms with van der Waals surface area (Å²) in [5.41, 5.74) is 2.64. The summed E-state index contributed by atoms with van der Waals surface area (Å²) in [5.74, 6) is -0.648. The summed E-state index contributed by atoms with van der Waals surface area (Å²) in [5, 5.41) is 7.65. The van der Waals surface area contributed by atoms with Gasteiger partial charge in [0.2, 0.25) is 5.91 Å². The van der Waals surface area contributed by atoms with Gasteiger partial charge in [-0.25, -0.2) is 0 Å². The van der Waals surface area contributed by atoms with Gasteiger partial charge in [0.15, 0.2) is 6.04 Å². The number of rotatable bonds is 8. The molecule has 3 amide bonds. The second-order valence-corrected chi connectivity index (χ2v) is 9.90. The molecule has 0 spiro atoms. The number of furan rings is 1. The normalized spacial score (nSPS) is 14.8. The zero-order valence-electron chi connectivity index (χ0n) is 20.1. The van der Waals surface area contributed by atoms with Crippen molar-refractivity contribution in [3.8, 4) is 0 Å². The lowest BCUT2D eigenvalue weighted by Crippen LogP contribution is -2.49. The fourth-order valence-electron chi connectivity index (χ4n) is 4.40. The number of hydrogen-bond acceptors (Lipinski definition) is 5. The van der Waals surface area contributed by atoms with Gasteiger partial charge in [-0.1, -0.05) is 31.4 Å². The van der Waals surface area contributed by atoms with Crippen LogP contribution in [0.15, 0.2) is 58.5 Å². The first-order valence-corrected chi connectivity index (χ1v) is 12.9. The van der Waals surface area contributed by atoms with Crippen molar-refractivity contribution in [1.82, 2.24) is 10.6 Å². The highest BCUT2D eigenvalue weighted by atomic mass is 32.1. The number of thiophene rings is 1. The van der Waals surface area contributed by atoms with Crippen LogP contribution in [0, 0.1) is 13.8 Å². The number of carbonyl (C=O) groups is 3. The third-order valence-electron chi connectivity index (χ3n) is 6.45. The van der Waals surface area contributed by atoms with E-state index in [2.05, 4.69) is 10.6 Å². The minimum Gasteiger partial charge on any atom is -0.467 e. The SMILES string of the molecule is Cc1ccc(N(C(=O)CNC(=O)c2cccs2)[C@@H](C(=O)NC2CCCCC2)c2ccco2)cc1C. The topological polar surface area (TPSA) is 91.7 Å². The summed E-state index contributed by atoms with van der Waals surface area (Å²) in [7, 11) is 0. The Bertz CT molecular complexity index is 1150. The second kappa shape index (κ2) is 11.4. The number of anilines is 1.